The van der Waals surface area contributed by atoms with Crippen molar-refractivity contribution < 1.29 is 10.2 Å². The molecule has 2 rings (SSSR count). The lowest BCUT2D eigenvalue weighted by molar-refractivity contribution is 0.186. The molecule has 4 N–H and O–H groups in total. The second-order valence-electron chi connectivity index (χ2n) is 3.25. The molecule has 0 aliphatic carbocycles. The fourth-order valence-corrected chi connectivity index (χ4v) is 2.40. The molecule has 84 valence electrons. The van der Waals surface area contributed by atoms with Crippen molar-refractivity contribution in [3.63, 3.8) is 0 Å². The summed E-state index contributed by atoms with van der Waals surface area (Å²) in [5.41, 5.74) is 7.50. The standard InChI is InChI=1S/C9H9N3O3S/c10-11-3-6(14)4-1-2-5(13)7-8(4)16-9(15)12-7/h1-2,6,10,13-14H,3H2,(H,12,15). The number of aromatic nitrogens is 1. The number of thiazole rings is 1. The van der Waals surface area contributed by atoms with Crippen LogP contribution in [0.1, 0.15) is 11.7 Å². The van der Waals surface area contributed by atoms with Crippen molar-refractivity contribution >= 4 is 21.6 Å². The van der Waals surface area contributed by atoms with Crippen LogP contribution in [-0.2, 0) is 0 Å². The fourth-order valence-electron chi connectivity index (χ4n) is 1.49. The lowest BCUT2D eigenvalue weighted by atomic mass is 10.1. The third-order valence-electron chi connectivity index (χ3n) is 2.21. The lowest BCUT2D eigenvalue weighted by Gasteiger charge is -2.08. The second kappa shape index (κ2) is 4.03. The Morgan fingerprint density at radius 3 is 3.00 bits per heavy atom. The summed E-state index contributed by atoms with van der Waals surface area (Å²) >= 11 is 0.913. The highest BCUT2D eigenvalue weighted by Crippen LogP contribution is 2.31. The number of nitrogens with zero attached hydrogens (tertiary/aromatic N) is 1. The summed E-state index contributed by atoms with van der Waals surface area (Å²) in [7, 11) is 0. The number of hydrogen-bond donors (Lipinski definition) is 4. The Labute approximate surface area is 93.7 Å². The van der Waals surface area contributed by atoms with Gasteiger partial charge in [-0.1, -0.05) is 17.4 Å². The van der Waals surface area contributed by atoms with Gasteiger partial charge in [0.05, 0.1) is 11.2 Å². The maximum atomic E-state index is 11.2. The third kappa shape index (κ3) is 1.70. The molecule has 1 aromatic heterocycles. The van der Waals surface area contributed by atoms with Crippen molar-refractivity contribution in [2.45, 2.75) is 6.10 Å². The first-order valence-electron chi connectivity index (χ1n) is 4.49. The van der Waals surface area contributed by atoms with Crippen LogP contribution in [0.25, 0.3) is 10.2 Å². The average Bonchev–Trinajstić information content (AvgIpc) is 2.61. The molecule has 1 heterocycles. The van der Waals surface area contributed by atoms with Crippen LogP contribution in [0.4, 0.5) is 0 Å². The Morgan fingerprint density at radius 2 is 2.31 bits per heavy atom. The summed E-state index contributed by atoms with van der Waals surface area (Å²) < 4.78 is 0.501. The summed E-state index contributed by atoms with van der Waals surface area (Å²) in [5.74, 6) is -0.0351. The lowest BCUT2D eigenvalue weighted by Crippen LogP contribution is -2.00. The number of rotatable bonds is 3. The normalized spacial score (nSPS) is 12.8. The minimum absolute atomic E-state index is 0.0351. The van der Waals surface area contributed by atoms with Crippen LogP contribution in [0.2, 0.25) is 0 Å². The fraction of sp³-hybridized carbons (Fsp3) is 0.222. The van der Waals surface area contributed by atoms with Crippen molar-refractivity contribution in [1.82, 2.24) is 4.98 Å². The van der Waals surface area contributed by atoms with Crippen LogP contribution in [0, 0.1) is 5.53 Å². The highest BCUT2D eigenvalue weighted by atomic mass is 32.1. The molecule has 0 saturated heterocycles. The van der Waals surface area contributed by atoms with Gasteiger partial charge in [0.1, 0.15) is 17.4 Å². The largest absolute Gasteiger partial charge is 0.506 e. The number of aliphatic hydroxyl groups is 1. The van der Waals surface area contributed by atoms with E-state index in [1.165, 1.54) is 12.1 Å². The first-order valence-corrected chi connectivity index (χ1v) is 5.31. The zero-order valence-corrected chi connectivity index (χ0v) is 8.91. The highest BCUT2D eigenvalue weighted by Gasteiger charge is 2.15. The molecule has 0 aliphatic heterocycles. The number of aromatic hydroxyl groups is 1. The Balaban J connectivity index is 2.66. The van der Waals surface area contributed by atoms with Gasteiger partial charge in [-0.05, 0) is 6.07 Å². The first kappa shape index (κ1) is 10.8. The number of nitrogens with one attached hydrogen (secondary N) is 2. The SMILES string of the molecule is N=NCC(O)c1ccc(O)c2[nH]c(=O)sc12. The van der Waals surface area contributed by atoms with E-state index in [-0.39, 0.29) is 17.2 Å². The number of aliphatic hydroxyl groups excluding tert-OH is 1. The quantitative estimate of drug-likeness (QED) is 0.607. The monoisotopic (exact) mass is 239 g/mol. The molecule has 0 amide bonds. The van der Waals surface area contributed by atoms with Gasteiger partial charge in [-0.25, -0.2) is 5.53 Å². The van der Waals surface area contributed by atoms with Gasteiger partial charge in [-0.15, -0.1) is 0 Å². The number of phenolic OH excluding ortho intramolecular Hbond substituents is 1. The molecule has 7 heteroatoms. The summed E-state index contributed by atoms with van der Waals surface area (Å²) in [5, 5.41) is 22.3. The van der Waals surface area contributed by atoms with Crippen molar-refractivity contribution in [3.05, 3.63) is 27.4 Å². The molecule has 1 atom stereocenters. The second-order valence-corrected chi connectivity index (χ2v) is 4.23. The van der Waals surface area contributed by atoms with E-state index in [2.05, 4.69) is 10.1 Å². The summed E-state index contributed by atoms with van der Waals surface area (Å²) in [4.78, 5) is 13.4. The average molecular weight is 239 g/mol. The van der Waals surface area contributed by atoms with Crippen molar-refractivity contribution in [2.75, 3.05) is 6.54 Å². The van der Waals surface area contributed by atoms with E-state index in [0.29, 0.717) is 15.8 Å². The van der Waals surface area contributed by atoms with Gasteiger partial charge in [-0.3, -0.25) is 4.79 Å². The Morgan fingerprint density at radius 1 is 1.56 bits per heavy atom. The molecule has 0 bridgehead atoms. The zero-order chi connectivity index (χ0) is 11.7. The zero-order valence-electron chi connectivity index (χ0n) is 8.10. The molecule has 0 aliphatic rings. The molecule has 1 unspecified atom stereocenters. The third-order valence-corrected chi connectivity index (χ3v) is 3.14. The molecule has 0 fully saturated rings. The van der Waals surface area contributed by atoms with Gasteiger partial charge < -0.3 is 15.2 Å². The van der Waals surface area contributed by atoms with Crippen molar-refractivity contribution in [1.29, 1.82) is 5.53 Å². The minimum atomic E-state index is -0.938. The summed E-state index contributed by atoms with van der Waals surface area (Å²) in [6.45, 7) is -0.0635. The van der Waals surface area contributed by atoms with Crippen LogP contribution in [0.15, 0.2) is 22.0 Å². The smallest absolute Gasteiger partial charge is 0.305 e. The number of benzene rings is 1. The van der Waals surface area contributed by atoms with Gasteiger partial charge in [0.25, 0.3) is 0 Å². The van der Waals surface area contributed by atoms with Gasteiger partial charge in [0.2, 0.25) is 0 Å². The van der Waals surface area contributed by atoms with E-state index >= 15 is 0 Å². The van der Waals surface area contributed by atoms with E-state index in [0.717, 1.165) is 11.3 Å². The Hall–Kier alpha value is -1.73. The van der Waals surface area contributed by atoms with Gasteiger partial charge in [0, 0.05) is 5.56 Å². The number of hydrogen-bond acceptors (Lipinski definition) is 6. The van der Waals surface area contributed by atoms with Gasteiger partial charge in [-0.2, -0.15) is 5.11 Å². The molecule has 6 nitrogen and oxygen atoms in total. The predicted octanol–water partition coefficient (Wildman–Crippen LogP) is 1.36. The number of fused-ring (bicyclic) bond motifs is 1. The summed E-state index contributed by atoms with van der Waals surface area (Å²) in [6, 6.07) is 2.92. The molecular formula is C9H9N3O3S. The van der Waals surface area contributed by atoms with E-state index in [9.17, 15) is 15.0 Å². The molecule has 1 aromatic carbocycles. The number of phenols is 1. The van der Waals surface area contributed by atoms with E-state index in [1.54, 1.807) is 0 Å². The maximum absolute atomic E-state index is 11.2. The topological polar surface area (TPSA) is 110 Å². The van der Waals surface area contributed by atoms with E-state index in [1.807, 2.05) is 0 Å². The molecule has 2 aromatic rings. The first-order chi connectivity index (χ1) is 7.63. The summed E-state index contributed by atoms with van der Waals surface area (Å²) in [6.07, 6.45) is -0.938. The van der Waals surface area contributed by atoms with E-state index in [4.69, 9.17) is 5.53 Å². The Kier molecular flexibility index (Phi) is 2.71. The molecule has 0 radical (unpaired) electrons. The predicted molar refractivity (Wildman–Crippen MR) is 59.1 cm³/mol. The molecule has 0 saturated carbocycles. The van der Waals surface area contributed by atoms with Gasteiger partial charge in [0.15, 0.2) is 0 Å². The Bertz CT molecular complexity index is 589. The number of H-pyrrole nitrogens is 1. The molecular weight excluding hydrogens is 230 g/mol. The van der Waals surface area contributed by atoms with E-state index < -0.39 is 6.10 Å². The maximum Gasteiger partial charge on any atom is 0.305 e. The minimum Gasteiger partial charge on any atom is -0.506 e. The van der Waals surface area contributed by atoms with Crippen LogP contribution in [0.3, 0.4) is 0 Å². The van der Waals surface area contributed by atoms with Crippen molar-refractivity contribution in [3.8, 4) is 5.75 Å². The van der Waals surface area contributed by atoms with Crippen LogP contribution in [0.5, 0.6) is 5.75 Å². The van der Waals surface area contributed by atoms with Gasteiger partial charge >= 0.3 is 4.87 Å². The molecule has 16 heavy (non-hydrogen) atoms. The highest BCUT2D eigenvalue weighted by molar-refractivity contribution is 7.16. The number of aromatic amines is 1. The van der Waals surface area contributed by atoms with Crippen molar-refractivity contribution in [2.24, 2.45) is 5.11 Å². The van der Waals surface area contributed by atoms with Crippen LogP contribution in [-0.4, -0.2) is 21.7 Å². The molecule has 0 spiro atoms. The van der Waals surface area contributed by atoms with Crippen LogP contribution >= 0.6 is 11.3 Å². The van der Waals surface area contributed by atoms with Crippen LogP contribution < -0.4 is 4.87 Å².